The van der Waals surface area contributed by atoms with Gasteiger partial charge in [-0.05, 0) is 7.05 Å². The SMILES string of the molecule is [B]C1CN(C)CC(COC)O1. The summed E-state index contributed by atoms with van der Waals surface area (Å²) >= 11 is 0. The van der Waals surface area contributed by atoms with Crippen LogP contribution in [-0.4, -0.2) is 58.7 Å². The maximum absolute atomic E-state index is 5.63. The van der Waals surface area contributed by atoms with Gasteiger partial charge in [0.15, 0.2) is 0 Å². The molecular formula is C7H14BNO2. The molecule has 4 heteroatoms. The lowest BCUT2D eigenvalue weighted by Crippen LogP contribution is -2.47. The van der Waals surface area contributed by atoms with Crippen molar-refractivity contribution in [1.29, 1.82) is 0 Å². The number of likely N-dealkylation sites (N-methyl/N-ethyl adjacent to an activating group) is 1. The van der Waals surface area contributed by atoms with E-state index in [-0.39, 0.29) is 12.1 Å². The van der Waals surface area contributed by atoms with E-state index in [2.05, 4.69) is 4.90 Å². The molecule has 0 amide bonds. The summed E-state index contributed by atoms with van der Waals surface area (Å²) in [5, 5.41) is 0. The minimum absolute atomic E-state index is 0.133. The van der Waals surface area contributed by atoms with Gasteiger partial charge in [0.25, 0.3) is 0 Å². The van der Waals surface area contributed by atoms with Crippen LogP contribution < -0.4 is 0 Å². The molecule has 1 fully saturated rings. The lowest BCUT2D eigenvalue weighted by Gasteiger charge is -2.34. The maximum atomic E-state index is 5.63. The molecule has 0 bridgehead atoms. The number of methoxy groups -OCH3 is 1. The molecule has 1 saturated heterocycles. The summed E-state index contributed by atoms with van der Waals surface area (Å²) in [4.78, 5) is 2.15. The van der Waals surface area contributed by atoms with Crippen LogP contribution in [-0.2, 0) is 9.47 Å². The summed E-state index contributed by atoms with van der Waals surface area (Å²) in [5.41, 5.74) is 0. The van der Waals surface area contributed by atoms with Crippen molar-refractivity contribution in [2.75, 3.05) is 33.9 Å². The van der Waals surface area contributed by atoms with Crippen molar-refractivity contribution in [2.24, 2.45) is 0 Å². The van der Waals surface area contributed by atoms with Gasteiger partial charge in [-0.3, -0.25) is 0 Å². The highest BCUT2D eigenvalue weighted by atomic mass is 16.5. The highest BCUT2D eigenvalue weighted by Crippen LogP contribution is 2.07. The van der Waals surface area contributed by atoms with Crippen molar-refractivity contribution >= 4 is 7.85 Å². The lowest BCUT2D eigenvalue weighted by molar-refractivity contribution is -0.0717. The van der Waals surface area contributed by atoms with Gasteiger partial charge >= 0.3 is 0 Å². The molecule has 0 aromatic heterocycles. The molecule has 0 N–H and O–H groups in total. The smallest absolute Gasteiger partial charge is 0.110 e. The van der Waals surface area contributed by atoms with E-state index in [0.717, 1.165) is 13.1 Å². The van der Waals surface area contributed by atoms with Gasteiger partial charge < -0.3 is 14.4 Å². The molecule has 0 aromatic carbocycles. The van der Waals surface area contributed by atoms with Gasteiger partial charge in [-0.2, -0.15) is 0 Å². The molecular weight excluding hydrogens is 141 g/mol. The van der Waals surface area contributed by atoms with E-state index in [0.29, 0.717) is 6.61 Å². The van der Waals surface area contributed by atoms with Gasteiger partial charge in [-0.25, -0.2) is 0 Å². The quantitative estimate of drug-likeness (QED) is 0.500. The Morgan fingerprint density at radius 3 is 2.91 bits per heavy atom. The van der Waals surface area contributed by atoms with Crippen LogP contribution >= 0.6 is 0 Å². The van der Waals surface area contributed by atoms with Gasteiger partial charge in [0, 0.05) is 26.2 Å². The molecule has 1 rings (SSSR count). The predicted octanol–water partition coefficient (Wildman–Crippen LogP) is -0.542. The van der Waals surface area contributed by atoms with Crippen LogP contribution in [0.3, 0.4) is 0 Å². The average Bonchev–Trinajstić information content (AvgIpc) is 1.85. The molecule has 0 aliphatic carbocycles. The molecule has 11 heavy (non-hydrogen) atoms. The fraction of sp³-hybridized carbons (Fsp3) is 1.00. The van der Waals surface area contributed by atoms with Gasteiger partial charge in [-0.15, -0.1) is 0 Å². The Bertz CT molecular complexity index is 113. The second-order valence-electron chi connectivity index (χ2n) is 2.97. The van der Waals surface area contributed by atoms with E-state index in [9.17, 15) is 0 Å². The lowest BCUT2D eigenvalue weighted by atomic mass is 9.98. The summed E-state index contributed by atoms with van der Waals surface area (Å²) in [6, 6.07) is -0.158. The van der Waals surface area contributed by atoms with E-state index >= 15 is 0 Å². The Morgan fingerprint density at radius 2 is 2.36 bits per heavy atom. The zero-order valence-corrected chi connectivity index (χ0v) is 7.12. The van der Waals surface area contributed by atoms with Crippen molar-refractivity contribution in [1.82, 2.24) is 4.90 Å². The van der Waals surface area contributed by atoms with Crippen LogP contribution in [0.2, 0.25) is 0 Å². The summed E-state index contributed by atoms with van der Waals surface area (Å²) in [5.74, 6) is 0. The van der Waals surface area contributed by atoms with Crippen LogP contribution in [0.15, 0.2) is 0 Å². The Balaban J connectivity index is 2.30. The minimum atomic E-state index is -0.158. The fourth-order valence-corrected chi connectivity index (χ4v) is 1.34. The number of ether oxygens (including phenoxy) is 2. The highest BCUT2D eigenvalue weighted by Gasteiger charge is 2.21. The Morgan fingerprint density at radius 1 is 1.64 bits per heavy atom. The van der Waals surface area contributed by atoms with Gasteiger partial charge in [0.2, 0.25) is 0 Å². The molecule has 1 heterocycles. The number of morpholine rings is 1. The number of rotatable bonds is 2. The Hall–Kier alpha value is -0.0551. The molecule has 0 spiro atoms. The van der Waals surface area contributed by atoms with E-state index in [1.165, 1.54) is 0 Å². The first-order valence-electron chi connectivity index (χ1n) is 3.81. The average molecular weight is 155 g/mol. The van der Waals surface area contributed by atoms with Crippen molar-refractivity contribution in [2.45, 2.75) is 12.1 Å². The topological polar surface area (TPSA) is 21.7 Å². The predicted molar refractivity (Wildman–Crippen MR) is 43.8 cm³/mol. The number of hydrogen-bond donors (Lipinski definition) is 0. The van der Waals surface area contributed by atoms with Crippen LogP contribution in [0, 0.1) is 0 Å². The first-order chi connectivity index (χ1) is 5.22. The second-order valence-corrected chi connectivity index (χ2v) is 2.97. The monoisotopic (exact) mass is 155 g/mol. The standard InChI is InChI=1S/C7H14BNO2/c1-9-3-6(5-10-2)11-7(8)4-9/h6-7H,3-5H2,1-2H3. The zero-order chi connectivity index (χ0) is 8.27. The Kier molecular flexibility index (Phi) is 3.36. The molecule has 62 valence electrons. The normalized spacial score (nSPS) is 34.0. The van der Waals surface area contributed by atoms with Crippen LogP contribution in [0.25, 0.3) is 0 Å². The van der Waals surface area contributed by atoms with Crippen molar-refractivity contribution in [3.63, 3.8) is 0 Å². The minimum Gasteiger partial charge on any atom is -0.382 e. The third kappa shape index (κ3) is 2.81. The summed E-state index contributed by atoms with van der Waals surface area (Å²) in [7, 11) is 9.33. The first-order valence-corrected chi connectivity index (χ1v) is 3.81. The summed E-state index contributed by atoms with van der Waals surface area (Å²) in [6.07, 6.45) is 0.133. The Labute approximate surface area is 69.1 Å². The van der Waals surface area contributed by atoms with Crippen molar-refractivity contribution < 1.29 is 9.47 Å². The van der Waals surface area contributed by atoms with Gasteiger partial charge in [-0.1, -0.05) is 0 Å². The second kappa shape index (κ2) is 4.09. The van der Waals surface area contributed by atoms with E-state index in [1.807, 2.05) is 7.05 Å². The van der Waals surface area contributed by atoms with E-state index in [1.54, 1.807) is 7.11 Å². The van der Waals surface area contributed by atoms with Crippen molar-refractivity contribution in [3.05, 3.63) is 0 Å². The molecule has 1 aliphatic heterocycles. The van der Waals surface area contributed by atoms with Gasteiger partial charge in [0.05, 0.1) is 12.7 Å². The van der Waals surface area contributed by atoms with E-state index in [4.69, 9.17) is 17.3 Å². The summed E-state index contributed by atoms with van der Waals surface area (Å²) < 4.78 is 10.4. The molecule has 1 aliphatic rings. The van der Waals surface area contributed by atoms with Crippen LogP contribution in [0.1, 0.15) is 0 Å². The fourth-order valence-electron chi connectivity index (χ4n) is 1.34. The third-order valence-electron chi connectivity index (χ3n) is 1.73. The highest BCUT2D eigenvalue weighted by molar-refractivity contribution is 6.11. The van der Waals surface area contributed by atoms with Gasteiger partial charge in [0.1, 0.15) is 7.85 Å². The van der Waals surface area contributed by atoms with Crippen molar-refractivity contribution in [3.8, 4) is 0 Å². The van der Waals surface area contributed by atoms with Crippen LogP contribution in [0.4, 0.5) is 0 Å². The summed E-state index contributed by atoms with van der Waals surface area (Å²) in [6.45, 7) is 2.33. The third-order valence-corrected chi connectivity index (χ3v) is 1.73. The zero-order valence-electron chi connectivity index (χ0n) is 7.12. The maximum Gasteiger partial charge on any atom is 0.110 e. The molecule has 0 saturated carbocycles. The molecule has 0 aromatic rings. The van der Waals surface area contributed by atoms with E-state index < -0.39 is 0 Å². The molecule has 3 nitrogen and oxygen atoms in total. The van der Waals surface area contributed by atoms with Crippen LogP contribution in [0.5, 0.6) is 0 Å². The number of nitrogens with zero attached hydrogens (tertiary/aromatic N) is 1. The largest absolute Gasteiger partial charge is 0.382 e. The molecule has 2 unspecified atom stereocenters. The molecule has 2 radical (unpaired) electrons. The number of hydrogen-bond acceptors (Lipinski definition) is 3. The first kappa shape index (κ1) is 9.04. The molecule has 2 atom stereocenters.